The number of halogens is 1. The summed E-state index contributed by atoms with van der Waals surface area (Å²) in [6.07, 6.45) is 1.45. The van der Waals surface area contributed by atoms with E-state index in [1.807, 2.05) is 45.0 Å². The number of hydrogen-bond donors (Lipinski definition) is 1. The highest BCUT2D eigenvalue weighted by molar-refractivity contribution is 7.92. The first-order valence-electron chi connectivity index (χ1n) is 12.1. The number of hydrogen-bond acceptors (Lipinski definition) is 5. The fourth-order valence-electron chi connectivity index (χ4n) is 3.87. The molecule has 0 aromatic heterocycles. The number of carbonyl (C=O) groups excluding carboxylic acids is 2. The van der Waals surface area contributed by atoms with Gasteiger partial charge in [-0.1, -0.05) is 29.8 Å². The van der Waals surface area contributed by atoms with Crippen LogP contribution in [-0.4, -0.2) is 56.6 Å². The van der Waals surface area contributed by atoms with E-state index in [-0.39, 0.29) is 37.7 Å². The maximum Gasteiger partial charge on any atom is 0.242 e. The number of benzene rings is 2. The zero-order chi connectivity index (χ0) is 28.0. The Bertz CT molecular complexity index is 1210. The molecule has 1 N–H and O–H groups in total. The minimum absolute atomic E-state index is 0.0583. The molecule has 0 saturated heterocycles. The average Bonchev–Trinajstić information content (AvgIpc) is 2.80. The summed E-state index contributed by atoms with van der Waals surface area (Å²) in [5, 5.41) is 3.40. The Balaban J connectivity index is 2.24. The third-order valence-electron chi connectivity index (χ3n) is 5.81. The van der Waals surface area contributed by atoms with Crippen molar-refractivity contribution in [1.82, 2.24) is 10.2 Å². The maximum atomic E-state index is 13.4. The van der Waals surface area contributed by atoms with E-state index < -0.39 is 21.6 Å². The molecule has 2 aromatic rings. The number of carbonyl (C=O) groups is 2. The number of anilines is 1. The molecule has 2 amide bonds. The van der Waals surface area contributed by atoms with Crippen molar-refractivity contribution in [2.24, 2.45) is 0 Å². The highest BCUT2D eigenvalue weighted by Gasteiger charge is 2.29. The lowest BCUT2D eigenvalue weighted by Gasteiger charge is -2.32. The summed E-state index contributed by atoms with van der Waals surface area (Å²) >= 11 is 6.21. The van der Waals surface area contributed by atoms with Gasteiger partial charge in [-0.25, -0.2) is 8.42 Å². The van der Waals surface area contributed by atoms with Gasteiger partial charge in [0.05, 0.1) is 19.1 Å². The first-order chi connectivity index (χ1) is 17.1. The van der Waals surface area contributed by atoms with E-state index in [0.29, 0.717) is 22.0 Å². The lowest BCUT2D eigenvalue weighted by atomic mass is 10.1. The lowest BCUT2D eigenvalue weighted by Crippen LogP contribution is -2.52. The van der Waals surface area contributed by atoms with Crippen molar-refractivity contribution < 1.29 is 22.7 Å². The number of rotatable bonds is 11. The van der Waals surface area contributed by atoms with E-state index in [4.69, 9.17) is 16.3 Å². The Morgan fingerprint density at radius 1 is 1.14 bits per heavy atom. The number of methoxy groups -OCH3 is 1. The molecule has 1 unspecified atom stereocenters. The summed E-state index contributed by atoms with van der Waals surface area (Å²) in [7, 11) is -2.04. The standard InChI is InChI=1S/C27H38ClN3O5S/c1-19-23(28)13-9-14-24(19)31(37(7,34)35)16-10-15-25(32)30(20(2)26(33)29-27(3,4)5)18-21-11-8-12-22(17-21)36-6/h8-9,11-14,17,20H,10,15-16,18H2,1-7H3,(H,29,33). The van der Waals surface area contributed by atoms with Crippen LogP contribution in [0.4, 0.5) is 5.69 Å². The largest absolute Gasteiger partial charge is 0.497 e. The SMILES string of the molecule is COc1cccc(CN(C(=O)CCCN(c2cccc(Cl)c2C)S(C)(=O)=O)C(C)C(=O)NC(C)(C)C)c1. The monoisotopic (exact) mass is 551 g/mol. The van der Waals surface area contributed by atoms with Crippen molar-refractivity contribution in [3.05, 3.63) is 58.6 Å². The minimum Gasteiger partial charge on any atom is -0.497 e. The van der Waals surface area contributed by atoms with Gasteiger partial charge < -0.3 is 15.0 Å². The summed E-state index contributed by atoms with van der Waals surface area (Å²) < 4.78 is 31.7. The number of nitrogens with zero attached hydrogens (tertiary/aromatic N) is 2. The molecule has 1 atom stereocenters. The van der Waals surface area contributed by atoms with E-state index in [1.165, 1.54) is 9.21 Å². The Kier molecular flexibility index (Phi) is 10.4. The average molecular weight is 552 g/mol. The first kappa shape index (κ1) is 30.4. The summed E-state index contributed by atoms with van der Waals surface area (Å²) in [4.78, 5) is 27.9. The molecule has 0 bridgehead atoms. The maximum absolute atomic E-state index is 13.4. The molecule has 0 aliphatic heterocycles. The molecule has 2 aromatic carbocycles. The van der Waals surface area contributed by atoms with E-state index in [0.717, 1.165) is 11.8 Å². The molecule has 0 radical (unpaired) electrons. The Labute approximate surface area is 226 Å². The smallest absolute Gasteiger partial charge is 0.242 e. The molecule has 0 saturated carbocycles. The quantitative estimate of drug-likeness (QED) is 0.442. The Morgan fingerprint density at radius 2 is 1.78 bits per heavy atom. The predicted octanol–water partition coefficient (Wildman–Crippen LogP) is 4.54. The van der Waals surface area contributed by atoms with Crippen LogP contribution in [0.1, 0.15) is 51.7 Å². The van der Waals surface area contributed by atoms with Crippen molar-refractivity contribution in [1.29, 1.82) is 0 Å². The van der Waals surface area contributed by atoms with Gasteiger partial charge in [0.2, 0.25) is 21.8 Å². The zero-order valence-corrected chi connectivity index (χ0v) is 24.2. The van der Waals surface area contributed by atoms with Crippen LogP contribution in [0.5, 0.6) is 5.75 Å². The van der Waals surface area contributed by atoms with E-state index in [9.17, 15) is 18.0 Å². The van der Waals surface area contributed by atoms with Gasteiger partial charge in [-0.2, -0.15) is 0 Å². The van der Waals surface area contributed by atoms with Crippen LogP contribution in [0.15, 0.2) is 42.5 Å². The van der Waals surface area contributed by atoms with E-state index >= 15 is 0 Å². The van der Waals surface area contributed by atoms with Gasteiger partial charge in [0.15, 0.2) is 0 Å². The second-order valence-electron chi connectivity index (χ2n) is 10.1. The van der Waals surface area contributed by atoms with Gasteiger partial charge in [-0.05, 0) is 76.4 Å². The van der Waals surface area contributed by atoms with Gasteiger partial charge in [-0.3, -0.25) is 13.9 Å². The van der Waals surface area contributed by atoms with Gasteiger partial charge in [0.25, 0.3) is 0 Å². The van der Waals surface area contributed by atoms with E-state index in [1.54, 1.807) is 39.2 Å². The third-order valence-corrected chi connectivity index (χ3v) is 7.40. The fraction of sp³-hybridized carbons (Fsp3) is 0.481. The molecule has 2 rings (SSSR count). The van der Waals surface area contributed by atoms with Gasteiger partial charge >= 0.3 is 0 Å². The third kappa shape index (κ3) is 8.93. The predicted molar refractivity (Wildman–Crippen MR) is 149 cm³/mol. The van der Waals surface area contributed by atoms with Crippen LogP contribution in [0.2, 0.25) is 5.02 Å². The molecule has 0 fully saturated rings. The molecule has 204 valence electrons. The molecule has 0 spiro atoms. The fourth-order valence-corrected chi connectivity index (χ4v) is 5.06. The highest BCUT2D eigenvalue weighted by Crippen LogP contribution is 2.28. The number of amides is 2. The summed E-state index contributed by atoms with van der Waals surface area (Å²) in [6, 6.07) is 11.7. The Morgan fingerprint density at radius 3 is 2.38 bits per heavy atom. The van der Waals surface area contributed by atoms with Crippen LogP contribution in [-0.2, 0) is 26.2 Å². The summed E-state index contributed by atoms with van der Waals surface area (Å²) in [5.41, 5.74) is 1.48. The molecule has 10 heteroatoms. The van der Waals surface area contributed by atoms with Crippen LogP contribution in [0, 0.1) is 6.92 Å². The van der Waals surface area contributed by atoms with Crippen LogP contribution >= 0.6 is 11.6 Å². The molecule has 0 aliphatic carbocycles. The van der Waals surface area contributed by atoms with Gasteiger partial charge in [0.1, 0.15) is 11.8 Å². The summed E-state index contributed by atoms with van der Waals surface area (Å²) in [6.45, 7) is 9.39. The van der Waals surface area contributed by atoms with Crippen molar-refractivity contribution in [3.63, 3.8) is 0 Å². The molecular formula is C27H38ClN3O5S. The van der Waals surface area contributed by atoms with Crippen molar-refractivity contribution in [3.8, 4) is 5.75 Å². The zero-order valence-electron chi connectivity index (χ0n) is 22.7. The first-order valence-corrected chi connectivity index (χ1v) is 14.3. The van der Waals surface area contributed by atoms with E-state index in [2.05, 4.69) is 5.32 Å². The van der Waals surface area contributed by atoms with Gasteiger partial charge in [-0.15, -0.1) is 0 Å². The van der Waals surface area contributed by atoms with Gasteiger partial charge in [0, 0.05) is 30.1 Å². The normalized spacial score (nSPS) is 12.5. The number of sulfonamides is 1. The Hall–Kier alpha value is -2.78. The topological polar surface area (TPSA) is 96.0 Å². The van der Waals surface area contributed by atoms with Crippen LogP contribution < -0.4 is 14.4 Å². The molecule has 0 aliphatic rings. The summed E-state index contributed by atoms with van der Waals surface area (Å²) in [5.74, 6) is 0.129. The van der Waals surface area contributed by atoms with Crippen molar-refractivity contribution >= 4 is 39.1 Å². The lowest BCUT2D eigenvalue weighted by molar-refractivity contribution is -0.141. The van der Waals surface area contributed by atoms with Crippen LogP contribution in [0.25, 0.3) is 0 Å². The molecular weight excluding hydrogens is 514 g/mol. The number of nitrogens with one attached hydrogen (secondary N) is 1. The molecule has 37 heavy (non-hydrogen) atoms. The second kappa shape index (κ2) is 12.6. The second-order valence-corrected chi connectivity index (χ2v) is 12.4. The number of ether oxygens (including phenoxy) is 1. The highest BCUT2D eigenvalue weighted by atomic mass is 35.5. The minimum atomic E-state index is -3.61. The molecule has 0 heterocycles. The van der Waals surface area contributed by atoms with Crippen molar-refractivity contribution in [2.75, 3.05) is 24.2 Å². The van der Waals surface area contributed by atoms with Crippen molar-refractivity contribution in [2.45, 2.75) is 65.6 Å². The van der Waals surface area contributed by atoms with Crippen LogP contribution in [0.3, 0.4) is 0 Å². The molecule has 8 nitrogen and oxygen atoms in total.